The van der Waals surface area contributed by atoms with Gasteiger partial charge in [0, 0.05) is 0 Å². The zero-order valence-corrected chi connectivity index (χ0v) is 9.99. The molecule has 0 aromatic heterocycles. The molecular weight excluding hydrogens is 210 g/mol. The van der Waals surface area contributed by atoms with Crippen LogP contribution in [-0.2, 0) is 0 Å². The predicted molar refractivity (Wildman–Crippen MR) is 69.0 cm³/mol. The monoisotopic (exact) mass is 225 g/mol. The van der Waals surface area contributed by atoms with Crippen LogP contribution in [0, 0.1) is 13.8 Å². The van der Waals surface area contributed by atoms with Gasteiger partial charge in [0.25, 0.3) is 0 Å². The molecule has 0 saturated heterocycles. The Kier molecular flexibility index (Phi) is 2.04. The van der Waals surface area contributed by atoms with E-state index in [1.807, 2.05) is 6.07 Å². The van der Waals surface area contributed by atoms with Gasteiger partial charge < -0.3 is 10.8 Å². The molecule has 0 heterocycles. The minimum atomic E-state index is -0.118. The highest BCUT2D eigenvalue weighted by Gasteiger charge is 2.27. The summed E-state index contributed by atoms with van der Waals surface area (Å²) in [6.45, 7) is 4.19. The fourth-order valence-electron chi connectivity index (χ4n) is 2.82. The van der Waals surface area contributed by atoms with Crippen molar-refractivity contribution in [1.82, 2.24) is 0 Å². The van der Waals surface area contributed by atoms with E-state index < -0.39 is 0 Å². The van der Waals surface area contributed by atoms with Gasteiger partial charge in [0.1, 0.15) is 5.75 Å². The molecule has 2 nitrogen and oxygen atoms in total. The molecule has 1 atom stereocenters. The average Bonchev–Trinajstić information content (AvgIpc) is 2.52. The summed E-state index contributed by atoms with van der Waals surface area (Å²) in [5.74, 6) is 0.279. The van der Waals surface area contributed by atoms with Crippen LogP contribution in [0.15, 0.2) is 30.3 Å². The smallest absolute Gasteiger partial charge is 0.115 e. The van der Waals surface area contributed by atoms with Crippen LogP contribution in [0.5, 0.6) is 5.75 Å². The molecular formula is C15H15NO. The zero-order valence-electron chi connectivity index (χ0n) is 9.99. The van der Waals surface area contributed by atoms with Gasteiger partial charge in [-0.1, -0.05) is 23.8 Å². The molecule has 0 bridgehead atoms. The minimum Gasteiger partial charge on any atom is -0.508 e. The topological polar surface area (TPSA) is 46.2 Å². The van der Waals surface area contributed by atoms with Crippen molar-refractivity contribution < 1.29 is 5.11 Å². The molecule has 0 spiro atoms. The van der Waals surface area contributed by atoms with Gasteiger partial charge in [-0.05, 0) is 53.8 Å². The molecule has 1 aliphatic rings. The molecule has 17 heavy (non-hydrogen) atoms. The van der Waals surface area contributed by atoms with E-state index in [1.165, 1.54) is 22.3 Å². The fourth-order valence-corrected chi connectivity index (χ4v) is 2.82. The van der Waals surface area contributed by atoms with Crippen LogP contribution in [0.3, 0.4) is 0 Å². The number of rotatable bonds is 0. The first-order valence-corrected chi connectivity index (χ1v) is 5.78. The van der Waals surface area contributed by atoms with Crippen molar-refractivity contribution in [2.24, 2.45) is 5.73 Å². The Morgan fingerprint density at radius 3 is 2.59 bits per heavy atom. The first-order valence-electron chi connectivity index (χ1n) is 5.78. The number of phenolic OH excluding ortho intramolecular Hbond substituents is 1. The van der Waals surface area contributed by atoms with Gasteiger partial charge in [0.2, 0.25) is 0 Å². The molecule has 2 aromatic carbocycles. The van der Waals surface area contributed by atoms with E-state index in [0.717, 1.165) is 11.1 Å². The number of phenols is 1. The van der Waals surface area contributed by atoms with Crippen molar-refractivity contribution in [2.45, 2.75) is 19.9 Å². The molecule has 1 unspecified atom stereocenters. The highest BCUT2D eigenvalue weighted by atomic mass is 16.3. The molecule has 2 heteroatoms. The molecule has 2 aromatic rings. The summed E-state index contributed by atoms with van der Waals surface area (Å²) < 4.78 is 0. The number of fused-ring (bicyclic) bond motifs is 3. The Morgan fingerprint density at radius 1 is 1.06 bits per heavy atom. The fraction of sp³-hybridized carbons (Fsp3) is 0.200. The quantitative estimate of drug-likeness (QED) is 0.724. The summed E-state index contributed by atoms with van der Waals surface area (Å²) in [7, 11) is 0. The lowest BCUT2D eigenvalue weighted by Crippen LogP contribution is -2.09. The number of hydrogen-bond donors (Lipinski definition) is 2. The summed E-state index contributed by atoms with van der Waals surface area (Å²) in [5.41, 5.74) is 13.3. The largest absolute Gasteiger partial charge is 0.508 e. The van der Waals surface area contributed by atoms with Gasteiger partial charge in [-0.25, -0.2) is 0 Å². The lowest BCUT2D eigenvalue weighted by molar-refractivity contribution is 0.474. The lowest BCUT2D eigenvalue weighted by Gasteiger charge is -2.10. The van der Waals surface area contributed by atoms with Gasteiger partial charge in [-0.3, -0.25) is 0 Å². The lowest BCUT2D eigenvalue weighted by atomic mass is 9.98. The molecule has 0 fully saturated rings. The molecule has 0 saturated carbocycles. The maximum atomic E-state index is 9.56. The number of nitrogens with two attached hydrogens (primary N) is 1. The Balaban J connectivity index is 2.35. The molecule has 3 N–H and O–H groups in total. The third-order valence-corrected chi connectivity index (χ3v) is 3.50. The molecule has 0 aliphatic heterocycles. The van der Waals surface area contributed by atoms with Crippen molar-refractivity contribution in [1.29, 1.82) is 0 Å². The summed E-state index contributed by atoms with van der Waals surface area (Å²) in [6, 6.07) is 9.66. The highest BCUT2D eigenvalue weighted by molar-refractivity contribution is 5.80. The summed E-state index contributed by atoms with van der Waals surface area (Å²) >= 11 is 0. The summed E-state index contributed by atoms with van der Waals surface area (Å²) in [4.78, 5) is 0. The number of hydrogen-bond acceptors (Lipinski definition) is 2. The second kappa shape index (κ2) is 3.34. The maximum absolute atomic E-state index is 9.56. The van der Waals surface area contributed by atoms with Crippen LogP contribution in [0.2, 0.25) is 0 Å². The second-order valence-corrected chi connectivity index (χ2v) is 4.79. The first-order chi connectivity index (χ1) is 8.08. The normalized spacial score (nSPS) is 16.8. The van der Waals surface area contributed by atoms with Crippen molar-refractivity contribution in [3.05, 3.63) is 52.6 Å². The maximum Gasteiger partial charge on any atom is 0.115 e. The van der Waals surface area contributed by atoms with E-state index >= 15 is 0 Å². The second-order valence-electron chi connectivity index (χ2n) is 4.79. The van der Waals surface area contributed by atoms with Crippen LogP contribution in [-0.4, -0.2) is 5.11 Å². The van der Waals surface area contributed by atoms with Crippen molar-refractivity contribution >= 4 is 0 Å². The van der Waals surface area contributed by atoms with E-state index in [4.69, 9.17) is 5.73 Å². The zero-order chi connectivity index (χ0) is 12.2. The Morgan fingerprint density at radius 2 is 1.82 bits per heavy atom. The molecule has 0 amide bonds. The molecule has 0 radical (unpaired) electrons. The predicted octanol–water partition coefficient (Wildman–Crippen LogP) is 3.04. The number of aromatic hydroxyl groups is 1. The van der Waals surface area contributed by atoms with Crippen molar-refractivity contribution in [3.8, 4) is 16.9 Å². The first kappa shape index (κ1) is 10.4. The number of aryl methyl sites for hydroxylation is 2. The standard InChI is InChI=1S/C15H15NO/c1-8-5-9(2)14-12(6-8)11-4-3-10(17)7-13(11)15(14)16/h3-7,15,17H,16H2,1-2H3. The third-order valence-electron chi connectivity index (χ3n) is 3.50. The van der Waals surface area contributed by atoms with Gasteiger partial charge in [-0.2, -0.15) is 0 Å². The van der Waals surface area contributed by atoms with Crippen molar-refractivity contribution in [2.75, 3.05) is 0 Å². The average molecular weight is 225 g/mol. The van der Waals surface area contributed by atoms with E-state index in [9.17, 15) is 5.11 Å². The molecule has 3 rings (SSSR count). The SMILES string of the molecule is Cc1cc(C)c2c(c1)-c1ccc(O)cc1C2N. The Hall–Kier alpha value is -1.80. The Labute approximate surface area is 101 Å². The van der Waals surface area contributed by atoms with E-state index in [0.29, 0.717) is 0 Å². The van der Waals surface area contributed by atoms with Gasteiger partial charge >= 0.3 is 0 Å². The van der Waals surface area contributed by atoms with Gasteiger partial charge in [0.05, 0.1) is 6.04 Å². The van der Waals surface area contributed by atoms with Gasteiger partial charge in [0.15, 0.2) is 0 Å². The summed E-state index contributed by atoms with van der Waals surface area (Å²) in [6.07, 6.45) is 0. The Bertz CT molecular complexity index is 617. The highest BCUT2D eigenvalue weighted by Crippen LogP contribution is 2.45. The molecule has 86 valence electrons. The van der Waals surface area contributed by atoms with Crippen LogP contribution in [0.25, 0.3) is 11.1 Å². The minimum absolute atomic E-state index is 0.118. The van der Waals surface area contributed by atoms with Crippen LogP contribution < -0.4 is 5.73 Å². The van der Waals surface area contributed by atoms with Crippen LogP contribution in [0.1, 0.15) is 28.3 Å². The summed E-state index contributed by atoms with van der Waals surface area (Å²) in [5, 5.41) is 9.56. The van der Waals surface area contributed by atoms with Crippen LogP contribution in [0.4, 0.5) is 0 Å². The van der Waals surface area contributed by atoms with E-state index in [1.54, 1.807) is 12.1 Å². The van der Waals surface area contributed by atoms with Gasteiger partial charge in [-0.15, -0.1) is 0 Å². The van der Waals surface area contributed by atoms with E-state index in [-0.39, 0.29) is 11.8 Å². The van der Waals surface area contributed by atoms with E-state index in [2.05, 4.69) is 26.0 Å². The van der Waals surface area contributed by atoms with Crippen LogP contribution >= 0.6 is 0 Å². The molecule has 1 aliphatic carbocycles. The van der Waals surface area contributed by atoms with Crippen molar-refractivity contribution in [3.63, 3.8) is 0 Å². The number of benzene rings is 2. The third kappa shape index (κ3) is 1.38.